The smallest absolute Gasteiger partial charge is 0.102 e. The molecule has 34 heavy (non-hydrogen) atoms. The third-order valence-corrected chi connectivity index (χ3v) is 6.65. The zero-order chi connectivity index (χ0) is 24.0. The second-order valence-electron chi connectivity index (χ2n) is 9.37. The van der Waals surface area contributed by atoms with Gasteiger partial charge >= 0.3 is 0 Å². The van der Waals surface area contributed by atoms with Gasteiger partial charge < -0.3 is 24.6 Å². The molecule has 0 aliphatic heterocycles. The van der Waals surface area contributed by atoms with Crippen LogP contribution in [0, 0.1) is 0 Å². The summed E-state index contributed by atoms with van der Waals surface area (Å²) in [4.78, 5) is 0. The minimum absolute atomic E-state index is 0.00115. The van der Waals surface area contributed by atoms with E-state index in [-0.39, 0.29) is 24.4 Å². The van der Waals surface area contributed by atoms with Crippen molar-refractivity contribution < 1.29 is 19.3 Å². The molecule has 0 spiro atoms. The highest BCUT2D eigenvalue weighted by molar-refractivity contribution is 5.14. The molecule has 0 radical (unpaired) electrons. The van der Waals surface area contributed by atoms with E-state index in [1.54, 1.807) is 0 Å². The highest BCUT2D eigenvalue weighted by atomic mass is 16.6. The van der Waals surface area contributed by atoms with Crippen molar-refractivity contribution in [2.45, 2.75) is 95.5 Å². The number of hydrogen-bond donors (Lipinski definition) is 2. The average Bonchev–Trinajstić information content (AvgIpc) is 3.22. The first-order valence-electron chi connectivity index (χ1n) is 13.0. The van der Waals surface area contributed by atoms with E-state index in [4.69, 9.17) is 14.2 Å². The third-order valence-electron chi connectivity index (χ3n) is 6.65. The van der Waals surface area contributed by atoms with E-state index in [9.17, 15) is 5.11 Å². The van der Waals surface area contributed by atoms with Gasteiger partial charge in [-0.1, -0.05) is 99.7 Å². The Bertz CT molecular complexity index is 772. The minimum atomic E-state index is -0.446. The first-order chi connectivity index (χ1) is 16.7. The number of hydrogen-bond acceptors (Lipinski definition) is 5. The Balaban J connectivity index is 1.56. The summed E-state index contributed by atoms with van der Waals surface area (Å²) in [7, 11) is 1.95. The van der Waals surface area contributed by atoms with E-state index in [0.29, 0.717) is 19.8 Å². The fraction of sp³-hybridized carbons (Fsp3) is 0.586. The Kier molecular flexibility index (Phi) is 12.1. The van der Waals surface area contributed by atoms with Crippen LogP contribution in [0.15, 0.2) is 60.7 Å². The van der Waals surface area contributed by atoms with Crippen molar-refractivity contribution in [3.05, 3.63) is 71.8 Å². The molecule has 5 nitrogen and oxygen atoms in total. The molecule has 1 aliphatic rings. The number of nitrogens with one attached hydrogen (secondary N) is 1. The van der Waals surface area contributed by atoms with Crippen molar-refractivity contribution in [3.8, 4) is 0 Å². The highest BCUT2D eigenvalue weighted by Gasteiger charge is 2.45. The van der Waals surface area contributed by atoms with Crippen LogP contribution in [-0.4, -0.2) is 49.2 Å². The van der Waals surface area contributed by atoms with E-state index < -0.39 is 6.10 Å². The maximum atomic E-state index is 10.5. The van der Waals surface area contributed by atoms with Gasteiger partial charge in [-0.15, -0.1) is 0 Å². The van der Waals surface area contributed by atoms with Crippen LogP contribution in [0.4, 0.5) is 0 Å². The first-order valence-corrected chi connectivity index (χ1v) is 13.0. The first kappa shape index (κ1) is 26.8. The number of ether oxygens (including phenoxy) is 3. The van der Waals surface area contributed by atoms with Gasteiger partial charge in [-0.3, -0.25) is 0 Å². The van der Waals surface area contributed by atoms with Gasteiger partial charge in [0.2, 0.25) is 0 Å². The van der Waals surface area contributed by atoms with Crippen molar-refractivity contribution in [2.75, 3.05) is 13.7 Å². The topological polar surface area (TPSA) is 60.0 Å². The summed E-state index contributed by atoms with van der Waals surface area (Å²) in [5.74, 6) is 0. The zero-order valence-electron chi connectivity index (χ0n) is 20.9. The molecule has 1 unspecified atom stereocenters. The van der Waals surface area contributed by atoms with Crippen LogP contribution in [0.2, 0.25) is 0 Å². The van der Waals surface area contributed by atoms with Crippen molar-refractivity contribution in [2.24, 2.45) is 0 Å². The number of aliphatic hydroxyl groups excluding tert-OH is 1. The fourth-order valence-corrected chi connectivity index (χ4v) is 4.69. The molecular weight excluding hydrogens is 426 g/mol. The molecule has 5 heteroatoms. The lowest BCUT2D eigenvalue weighted by molar-refractivity contribution is -0.0912. The molecule has 1 aliphatic carbocycles. The molecule has 5 atom stereocenters. The van der Waals surface area contributed by atoms with E-state index >= 15 is 0 Å². The predicted molar refractivity (Wildman–Crippen MR) is 137 cm³/mol. The van der Waals surface area contributed by atoms with Gasteiger partial charge in [-0.25, -0.2) is 0 Å². The van der Waals surface area contributed by atoms with Crippen LogP contribution in [0.5, 0.6) is 0 Å². The molecular formula is C29H43NO4. The predicted octanol–water partition coefficient (Wildman–Crippen LogP) is 5.26. The second kappa shape index (κ2) is 15.3. The van der Waals surface area contributed by atoms with Crippen molar-refractivity contribution in [1.29, 1.82) is 0 Å². The van der Waals surface area contributed by atoms with Gasteiger partial charge in [0.1, 0.15) is 6.10 Å². The van der Waals surface area contributed by atoms with Crippen molar-refractivity contribution in [1.82, 2.24) is 5.32 Å². The van der Waals surface area contributed by atoms with E-state index in [2.05, 4.69) is 36.5 Å². The van der Waals surface area contributed by atoms with Gasteiger partial charge in [0.05, 0.1) is 44.2 Å². The van der Waals surface area contributed by atoms with Crippen LogP contribution in [0.25, 0.3) is 0 Å². The second-order valence-corrected chi connectivity index (χ2v) is 9.37. The summed E-state index contributed by atoms with van der Waals surface area (Å²) in [5, 5.41) is 13.9. The van der Waals surface area contributed by atoms with Crippen LogP contribution < -0.4 is 5.32 Å². The molecule has 1 fully saturated rings. The quantitative estimate of drug-likeness (QED) is 0.329. The molecule has 0 saturated heterocycles. The maximum Gasteiger partial charge on any atom is 0.102 e. The minimum Gasteiger partial charge on any atom is -0.391 e. The van der Waals surface area contributed by atoms with E-state index in [0.717, 1.165) is 30.4 Å². The van der Waals surface area contributed by atoms with Gasteiger partial charge in [0.25, 0.3) is 0 Å². The molecule has 0 bridgehead atoms. The number of rotatable bonds is 16. The van der Waals surface area contributed by atoms with Crippen molar-refractivity contribution >= 4 is 0 Å². The Labute approximate surface area is 205 Å². The molecule has 2 N–H and O–H groups in total. The number of aliphatic hydroxyl groups is 1. The maximum absolute atomic E-state index is 10.5. The number of unbranched alkanes of at least 4 members (excludes halogenated alkanes) is 4. The van der Waals surface area contributed by atoms with Gasteiger partial charge in [-0.2, -0.15) is 0 Å². The molecule has 0 amide bonds. The number of benzene rings is 2. The lowest BCUT2D eigenvalue weighted by Gasteiger charge is -2.27. The Hall–Kier alpha value is -1.76. The molecule has 0 heterocycles. The molecule has 3 rings (SSSR count). The molecule has 188 valence electrons. The highest BCUT2D eigenvalue weighted by Crippen LogP contribution is 2.30. The summed E-state index contributed by atoms with van der Waals surface area (Å²) in [6.45, 7) is 3.64. The molecule has 1 saturated carbocycles. The SMILES string of the molecule is CCCCCCCC(O)CO[C@H]1[C@H](NC)[C@@H](OCc2ccccc2)C[C@H]1OCc1ccccc1. The van der Waals surface area contributed by atoms with Crippen LogP contribution >= 0.6 is 0 Å². The van der Waals surface area contributed by atoms with Gasteiger partial charge in [0.15, 0.2) is 0 Å². The molecule has 0 aromatic heterocycles. The van der Waals surface area contributed by atoms with E-state index in [1.165, 1.54) is 25.7 Å². The largest absolute Gasteiger partial charge is 0.391 e. The molecule has 2 aromatic carbocycles. The van der Waals surface area contributed by atoms with Gasteiger partial charge in [0, 0.05) is 6.42 Å². The molecule has 2 aromatic rings. The fourth-order valence-electron chi connectivity index (χ4n) is 4.69. The zero-order valence-corrected chi connectivity index (χ0v) is 20.9. The van der Waals surface area contributed by atoms with Crippen molar-refractivity contribution in [3.63, 3.8) is 0 Å². The third kappa shape index (κ3) is 8.79. The summed E-state index contributed by atoms with van der Waals surface area (Å²) in [6, 6.07) is 20.5. The Morgan fingerprint density at radius 3 is 2.00 bits per heavy atom. The van der Waals surface area contributed by atoms with E-state index in [1.807, 2.05) is 43.4 Å². The standard InChI is InChI=1S/C29H43NO4/c1-3-4-5-6-13-18-25(31)22-34-29-27(33-21-24-16-11-8-12-17-24)19-26(28(29)30-2)32-20-23-14-9-7-10-15-23/h7-12,14-17,25-31H,3-6,13,18-22H2,1-2H3/t25?,26-,27+,28+,29+/m0/s1. The lowest BCUT2D eigenvalue weighted by Crippen LogP contribution is -2.46. The normalized spacial score (nSPS) is 23.3. The van der Waals surface area contributed by atoms with Crippen LogP contribution in [-0.2, 0) is 27.4 Å². The summed E-state index contributed by atoms with van der Waals surface area (Å²) < 4.78 is 19.0. The summed E-state index contributed by atoms with van der Waals surface area (Å²) >= 11 is 0. The summed E-state index contributed by atoms with van der Waals surface area (Å²) in [6.07, 6.45) is 6.74. The summed E-state index contributed by atoms with van der Waals surface area (Å²) in [5.41, 5.74) is 2.30. The Morgan fingerprint density at radius 1 is 0.824 bits per heavy atom. The lowest BCUT2D eigenvalue weighted by atomic mass is 10.1. The monoisotopic (exact) mass is 469 g/mol. The van der Waals surface area contributed by atoms with Crippen LogP contribution in [0.3, 0.4) is 0 Å². The van der Waals surface area contributed by atoms with Gasteiger partial charge in [-0.05, 0) is 24.6 Å². The van der Waals surface area contributed by atoms with Crippen LogP contribution in [0.1, 0.15) is 63.0 Å². The Morgan fingerprint density at radius 2 is 1.41 bits per heavy atom. The number of likely N-dealkylation sites (N-methyl/N-ethyl adjacent to an activating group) is 1. The average molecular weight is 470 g/mol.